The van der Waals surface area contributed by atoms with E-state index in [1.165, 1.54) is 48.0 Å². The van der Waals surface area contributed by atoms with Crippen molar-refractivity contribution in [1.82, 2.24) is 15.0 Å². The van der Waals surface area contributed by atoms with Gasteiger partial charge in [-0.15, -0.1) is 11.3 Å². The summed E-state index contributed by atoms with van der Waals surface area (Å²) in [5.74, 6) is 1.96. The highest BCUT2D eigenvalue weighted by Gasteiger charge is 2.19. The number of benzene rings is 8. The van der Waals surface area contributed by atoms with Crippen molar-refractivity contribution in [2.75, 3.05) is 0 Å². The topological polar surface area (TPSA) is 38.7 Å². The summed E-state index contributed by atoms with van der Waals surface area (Å²) in [7, 11) is 0. The molecule has 0 aliphatic rings. The van der Waals surface area contributed by atoms with Gasteiger partial charge < -0.3 is 0 Å². The summed E-state index contributed by atoms with van der Waals surface area (Å²) < 4.78 is 2.45. The predicted octanol–water partition coefficient (Wildman–Crippen LogP) is 13.4. The maximum Gasteiger partial charge on any atom is 0.164 e. The van der Waals surface area contributed by atoms with Crippen LogP contribution in [0.25, 0.3) is 98.5 Å². The standard InChI is InChI=1S/C49H31N3S/c1-3-11-32(12-4-1)35-21-26-37(27-22-35)41-17-9-18-42-45-43(19-10-20-44(45)53-46(41)42)49-51-47(38-28-23-36(24-29-38)33-13-5-2-6-14-33)50-48(52-49)40-30-25-34-15-7-8-16-39(34)31-40/h1-31H. The van der Waals surface area contributed by atoms with Crippen molar-refractivity contribution in [3.05, 3.63) is 188 Å². The fourth-order valence-corrected chi connectivity index (χ4v) is 8.52. The molecule has 3 nitrogen and oxygen atoms in total. The Balaban J connectivity index is 1.13. The zero-order valence-electron chi connectivity index (χ0n) is 28.6. The zero-order chi connectivity index (χ0) is 35.1. The third-order valence-corrected chi connectivity index (χ3v) is 11.2. The van der Waals surface area contributed by atoms with Crippen molar-refractivity contribution < 1.29 is 0 Å². The van der Waals surface area contributed by atoms with Gasteiger partial charge in [-0.1, -0.05) is 176 Å². The first-order valence-electron chi connectivity index (χ1n) is 17.8. The van der Waals surface area contributed by atoms with Crippen molar-refractivity contribution >= 4 is 42.3 Å². The average Bonchev–Trinajstić information content (AvgIpc) is 3.63. The van der Waals surface area contributed by atoms with Crippen LogP contribution in [0.4, 0.5) is 0 Å². The van der Waals surface area contributed by atoms with Gasteiger partial charge in [-0.25, -0.2) is 15.0 Å². The van der Waals surface area contributed by atoms with Crippen molar-refractivity contribution in [3.63, 3.8) is 0 Å². The number of rotatable bonds is 6. The molecule has 0 atom stereocenters. The molecular weight excluding hydrogens is 663 g/mol. The van der Waals surface area contributed by atoms with E-state index in [0.29, 0.717) is 17.5 Å². The van der Waals surface area contributed by atoms with Gasteiger partial charge in [0.1, 0.15) is 0 Å². The Labute approximate surface area is 311 Å². The van der Waals surface area contributed by atoms with E-state index in [0.717, 1.165) is 33.0 Å². The normalized spacial score (nSPS) is 11.4. The largest absolute Gasteiger partial charge is 0.208 e. The van der Waals surface area contributed by atoms with Crippen LogP contribution in [0.3, 0.4) is 0 Å². The highest BCUT2D eigenvalue weighted by Crippen LogP contribution is 2.44. The number of fused-ring (bicyclic) bond motifs is 4. The van der Waals surface area contributed by atoms with Gasteiger partial charge in [0, 0.05) is 36.9 Å². The molecule has 0 spiro atoms. The van der Waals surface area contributed by atoms with E-state index < -0.39 is 0 Å². The van der Waals surface area contributed by atoms with E-state index in [4.69, 9.17) is 15.0 Å². The number of hydrogen-bond acceptors (Lipinski definition) is 4. The molecule has 248 valence electrons. The minimum atomic E-state index is 0.647. The molecule has 2 heterocycles. The van der Waals surface area contributed by atoms with Gasteiger partial charge in [0.25, 0.3) is 0 Å². The molecule has 10 aromatic rings. The summed E-state index contributed by atoms with van der Waals surface area (Å²) in [6.07, 6.45) is 0. The third kappa shape index (κ3) is 5.76. The highest BCUT2D eigenvalue weighted by molar-refractivity contribution is 7.26. The Bertz CT molecular complexity index is 2910. The van der Waals surface area contributed by atoms with E-state index >= 15 is 0 Å². The Morgan fingerprint density at radius 2 is 0.830 bits per heavy atom. The van der Waals surface area contributed by atoms with Crippen LogP contribution < -0.4 is 0 Å². The van der Waals surface area contributed by atoms with Crippen molar-refractivity contribution in [2.24, 2.45) is 0 Å². The molecule has 8 aromatic carbocycles. The summed E-state index contributed by atoms with van der Waals surface area (Å²) in [6.45, 7) is 0. The van der Waals surface area contributed by atoms with Crippen LogP contribution in [0.2, 0.25) is 0 Å². The minimum Gasteiger partial charge on any atom is -0.208 e. The molecule has 0 fully saturated rings. The van der Waals surface area contributed by atoms with Crippen LogP contribution in [0.1, 0.15) is 0 Å². The fraction of sp³-hybridized carbons (Fsp3) is 0. The molecule has 0 unspecified atom stereocenters. The second kappa shape index (κ2) is 13.1. The predicted molar refractivity (Wildman–Crippen MR) is 223 cm³/mol. The summed E-state index contributed by atoms with van der Waals surface area (Å²) in [6, 6.07) is 66.3. The van der Waals surface area contributed by atoms with E-state index in [1.807, 2.05) is 17.4 Å². The molecule has 0 aliphatic heterocycles. The Morgan fingerprint density at radius 1 is 0.321 bits per heavy atom. The van der Waals surface area contributed by atoms with Gasteiger partial charge in [0.2, 0.25) is 0 Å². The molecule has 0 aliphatic carbocycles. The number of aromatic nitrogens is 3. The van der Waals surface area contributed by atoms with Crippen LogP contribution >= 0.6 is 11.3 Å². The van der Waals surface area contributed by atoms with Crippen LogP contribution in [-0.2, 0) is 0 Å². The summed E-state index contributed by atoms with van der Waals surface area (Å²) in [5.41, 5.74) is 10.1. The van der Waals surface area contributed by atoms with Crippen molar-refractivity contribution in [2.45, 2.75) is 0 Å². The van der Waals surface area contributed by atoms with E-state index in [9.17, 15) is 0 Å². The van der Waals surface area contributed by atoms with Crippen LogP contribution in [0, 0.1) is 0 Å². The molecule has 0 N–H and O–H groups in total. The lowest BCUT2D eigenvalue weighted by molar-refractivity contribution is 1.08. The lowest BCUT2D eigenvalue weighted by atomic mass is 9.98. The molecule has 0 bridgehead atoms. The summed E-state index contributed by atoms with van der Waals surface area (Å²) in [4.78, 5) is 15.5. The number of thiophene rings is 1. The van der Waals surface area contributed by atoms with E-state index in [1.54, 1.807) is 0 Å². The highest BCUT2D eigenvalue weighted by atomic mass is 32.1. The summed E-state index contributed by atoms with van der Waals surface area (Å²) >= 11 is 1.82. The quantitative estimate of drug-likeness (QED) is 0.174. The third-order valence-electron chi connectivity index (χ3n) is 9.96. The lowest BCUT2D eigenvalue weighted by Crippen LogP contribution is -2.00. The van der Waals surface area contributed by atoms with Gasteiger partial charge in [-0.2, -0.15) is 0 Å². The van der Waals surface area contributed by atoms with Gasteiger partial charge >= 0.3 is 0 Å². The Hall–Kier alpha value is -6.75. The first kappa shape index (κ1) is 31.0. The second-order valence-corrected chi connectivity index (χ2v) is 14.3. The molecule has 0 saturated carbocycles. The van der Waals surface area contributed by atoms with Crippen molar-refractivity contribution in [1.29, 1.82) is 0 Å². The number of hydrogen-bond donors (Lipinski definition) is 0. The number of nitrogens with zero attached hydrogens (tertiary/aromatic N) is 3. The Kier molecular flexibility index (Phi) is 7.67. The Morgan fingerprint density at radius 3 is 1.53 bits per heavy atom. The monoisotopic (exact) mass is 693 g/mol. The summed E-state index contributed by atoms with van der Waals surface area (Å²) in [5, 5.41) is 4.70. The van der Waals surface area contributed by atoms with Crippen LogP contribution in [-0.4, -0.2) is 15.0 Å². The zero-order valence-corrected chi connectivity index (χ0v) is 29.5. The molecule has 0 saturated heterocycles. The van der Waals surface area contributed by atoms with Gasteiger partial charge in [0.15, 0.2) is 17.5 Å². The molecule has 0 radical (unpaired) electrons. The van der Waals surface area contributed by atoms with Crippen molar-refractivity contribution in [3.8, 4) is 67.5 Å². The van der Waals surface area contributed by atoms with Crippen LogP contribution in [0.15, 0.2) is 188 Å². The lowest BCUT2D eigenvalue weighted by Gasteiger charge is -2.11. The van der Waals surface area contributed by atoms with Gasteiger partial charge in [-0.05, 0) is 56.3 Å². The van der Waals surface area contributed by atoms with E-state index in [2.05, 4.69) is 182 Å². The molecule has 2 aromatic heterocycles. The minimum absolute atomic E-state index is 0.647. The van der Waals surface area contributed by atoms with Crippen LogP contribution in [0.5, 0.6) is 0 Å². The maximum atomic E-state index is 5.21. The first-order valence-corrected chi connectivity index (χ1v) is 18.6. The maximum absolute atomic E-state index is 5.21. The SMILES string of the molecule is c1ccc(-c2ccc(-c3nc(-c4ccc5ccccc5c4)nc(-c4cccc5sc6c(-c7ccc(-c8ccccc8)cc7)cccc6c45)n3)cc2)cc1. The first-order chi connectivity index (χ1) is 26.2. The average molecular weight is 694 g/mol. The molecule has 4 heteroatoms. The molecular formula is C49H31N3S. The van der Waals surface area contributed by atoms with Gasteiger partial charge in [0.05, 0.1) is 0 Å². The smallest absolute Gasteiger partial charge is 0.164 e. The molecule has 53 heavy (non-hydrogen) atoms. The molecule has 10 rings (SSSR count). The van der Waals surface area contributed by atoms with E-state index in [-0.39, 0.29) is 0 Å². The second-order valence-electron chi connectivity index (χ2n) is 13.2. The molecule has 0 amide bonds. The fourth-order valence-electron chi connectivity index (χ4n) is 7.26. The van der Waals surface area contributed by atoms with Gasteiger partial charge in [-0.3, -0.25) is 0 Å².